The van der Waals surface area contributed by atoms with E-state index < -0.39 is 4.92 Å². The van der Waals surface area contributed by atoms with Crippen molar-refractivity contribution in [2.75, 3.05) is 11.9 Å². The van der Waals surface area contributed by atoms with E-state index in [0.29, 0.717) is 21.0 Å². The van der Waals surface area contributed by atoms with Crippen molar-refractivity contribution in [2.24, 2.45) is 0 Å². The first-order chi connectivity index (χ1) is 10.1. The van der Waals surface area contributed by atoms with Crippen LogP contribution in [-0.4, -0.2) is 26.6 Å². The molecule has 2 aromatic rings. The molecule has 0 aliphatic rings. The number of pyridine rings is 1. The van der Waals surface area contributed by atoms with E-state index in [4.69, 9.17) is 5.26 Å². The predicted octanol–water partition coefficient (Wildman–Crippen LogP) is 2.46. The van der Waals surface area contributed by atoms with Crippen molar-refractivity contribution in [3.8, 4) is 6.07 Å². The predicted molar refractivity (Wildman–Crippen MR) is 78.3 cm³/mol. The van der Waals surface area contributed by atoms with Gasteiger partial charge >= 0.3 is 5.69 Å². The summed E-state index contributed by atoms with van der Waals surface area (Å²) in [5.41, 5.74) is -0.535. The monoisotopic (exact) mass is 320 g/mol. The highest BCUT2D eigenvalue weighted by Gasteiger charge is 2.16. The van der Waals surface area contributed by atoms with Gasteiger partial charge in [-0.05, 0) is 17.8 Å². The molecule has 0 aliphatic carbocycles. The maximum Gasteiger partial charge on any atom is 0.305 e. The summed E-state index contributed by atoms with van der Waals surface area (Å²) in [5, 5.41) is 31.6. The van der Waals surface area contributed by atoms with Gasteiger partial charge in [-0.15, -0.1) is 16.8 Å². The molecule has 106 valence electrons. The first-order valence-electron chi connectivity index (χ1n) is 5.55. The Morgan fingerprint density at radius 3 is 3.05 bits per heavy atom. The van der Waals surface area contributed by atoms with Gasteiger partial charge in [0.15, 0.2) is 4.34 Å². The van der Waals surface area contributed by atoms with Gasteiger partial charge in [-0.2, -0.15) is 5.26 Å². The molecule has 2 aromatic heterocycles. The van der Waals surface area contributed by atoms with Gasteiger partial charge in [-0.25, -0.2) is 4.98 Å². The molecule has 2 heterocycles. The summed E-state index contributed by atoms with van der Waals surface area (Å²) >= 11 is 2.50. The average Bonchev–Trinajstić information content (AvgIpc) is 2.92. The van der Waals surface area contributed by atoms with Crippen LogP contribution in [0.4, 0.5) is 10.8 Å². The maximum atomic E-state index is 10.7. The second-order valence-electron chi connectivity index (χ2n) is 3.53. The van der Waals surface area contributed by atoms with Gasteiger partial charge in [0, 0.05) is 12.6 Å². The molecule has 0 bridgehead atoms. The van der Waals surface area contributed by atoms with Crippen molar-refractivity contribution < 1.29 is 4.92 Å². The topological polar surface area (TPSA) is 118 Å². The van der Waals surface area contributed by atoms with Gasteiger partial charge in [-0.3, -0.25) is 10.1 Å². The highest BCUT2D eigenvalue weighted by atomic mass is 32.2. The zero-order valence-corrected chi connectivity index (χ0v) is 12.1. The normalized spacial score (nSPS) is 9.86. The summed E-state index contributed by atoms with van der Waals surface area (Å²) in [4.78, 5) is 14.0. The van der Waals surface area contributed by atoms with Gasteiger partial charge in [-0.1, -0.05) is 17.4 Å². The van der Waals surface area contributed by atoms with E-state index in [-0.39, 0.29) is 11.4 Å². The Hall–Kier alpha value is -2.51. The molecule has 21 heavy (non-hydrogen) atoms. The Bertz CT molecular complexity index is 724. The van der Waals surface area contributed by atoms with Crippen LogP contribution in [0.25, 0.3) is 0 Å². The van der Waals surface area contributed by atoms with Crippen LogP contribution in [0.2, 0.25) is 0 Å². The molecule has 1 N–H and O–H groups in total. The van der Waals surface area contributed by atoms with Crippen LogP contribution in [-0.2, 0) is 0 Å². The molecule has 0 unspecified atom stereocenters. The molecule has 0 fully saturated rings. The summed E-state index contributed by atoms with van der Waals surface area (Å²) in [5.74, 6) is 0. The van der Waals surface area contributed by atoms with Crippen LogP contribution in [0.15, 0.2) is 34.2 Å². The van der Waals surface area contributed by atoms with E-state index in [1.165, 1.54) is 35.2 Å². The molecule has 0 amide bonds. The quantitative estimate of drug-likeness (QED) is 0.490. The van der Waals surface area contributed by atoms with Crippen molar-refractivity contribution >= 4 is 33.9 Å². The van der Waals surface area contributed by atoms with Crippen LogP contribution in [0, 0.1) is 21.4 Å². The Balaban J connectivity index is 2.16. The molecule has 0 aliphatic heterocycles. The lowest BCUT2D eigenvalue weighted by Gasteiger charge is -1.98. The van der Waals surface area contributed by atoms with Gasteiger partial charge in [0.25, 0.3) is 0 Å². The average molecular weight is 320 g/mol. The second kappa shape index (κ2) is 6.78. The van der Waals surface area contributed by atoms with E-state index >= 15 is 0 Å². The first-order valence-corrected chi connectivity index (χ1v) is 7.19. The smallest absolute Gasteiger partial charge is 0.305 e. The molecular formula is C11H8N6O2S2. The summed E-state index contributed by atoms with van der Waals surface area (Å²) < 4.78 is 0.617. The van der Waals surface area contributed by atoms with Crippen molar-refractivity contribution in [1.29, 1.82) is 5.26 Å². The summed E-state index contributed by atoms with van der Waals surface area (Å²) in [7, 11) is 0. The summed E-state index contributed by atoms with van der Waals surface area (Å²) in [6.45, 7) is 4.16. The molecule has 0 radical (unpaired) electrons. The lowest BCUT2D eigenvalue weighted by molar-refractivity contribution is -0.385. The third-order valence-electron chi connectivity index (χ3n) is 2.15. The lowest BCUT2D eigenvalue weighted by atomic mass is 10.3. The number of hydrogen-bond donors (Lipinski definition) is 1. The molecule has 10 heteroatoms. The van der Waals surface area contributed by atoms with Crippen LogP contribution < -0.4 is 5.32 Å². The number of rotatable bonds is 6. The zero-order chi connectivity index (χ0) is 15.2. The molecule has 0 aromatic carbocycles. The largest absolute Gasteiger partial charge is 0.357 e. The molecule has 0 saturated carbocycles. The van der Waals surface area contributed by atoms with Crippen molar-refractivity contribution in [3.63, 3.8) is 0 Å². The minimum atomic E-state index is -0.637. The third kappa shape index (κ3) is 3.74. The fourth-order valence-electron chi connectivity index (χ4n) is 1.29. The number of nitrogens with one attached hydrogen (secondary N) is 1. The van der Waals surface area contributed by atoms with Crippen LogP contribution in [0.3, 0.4) is 0 Å². The molecule has 0 saturated heterocycles. The van der Waals surface area contributed by atoms with Crippen LogP contribution in [0.5, 0.6) is 0 Å². The third-order valence-corrected chi connectivity index (χ3v) is 4.02. The standard InChI is InChI=1S/C11H8N6O2S2/c1-2-5-13-10-15-16-11(21-10)20-9-4-3-8(17(18)19)7(6-12)14-9/h2-4H,1,5H2,(H,13,15). The Morgan fingerprint density at radius 1 is 1.57 bits per heavy atom. The second-order valence-corrected chi connectivity index (χ2v) is 5.78. The number of anilines is 1. The molecule has 0 atom stereocenters. The fourth-order valence-corrected chi connectivity index (χ4v) is 2.97. The minimum Gasteiger partial charge on any atom is -0.357 e. The van der Waals surface area contributed by atoms with Gasteiger partial charge < -0.3 is 5.32 Å². The van der Waals surface area contributed by atoms with E-state index in [1.807, 2.05) is 0 Å². The fraction of sp³-hybridized carbons (Fsp3) is 0.0909. The number of nitro groups is 1. The highest BCUT2D eigenvalue weighted by Crippen LogP contribution is 2.32. The summed E-state index contributed by atoms with van der Waals surface area (Å²) in [6, 6.07) is 4.44. The van der Waals surface area contributed by atoms with Crippen LogP contribution >= 0.6 is 23.1 Å². The van der Waals surface area contributed by atoms with Crippen molar-refractivity contribution in [2.45, 2.75) is 9.37 Å². The van der Waals surface area contributed by atoms with Crippen molar-refractivity contribution in [1.82, 2.24) is 15.2 Å². The van der Waals surface area contributed by atoms with Gasteiger partial charge in [0.1, 0.15) is 11.1 Å². The minimum absolute atomic E-state index is 0.223. The Labute approximate surface area is 127 Å². The van der Waals surface area contributed by atoms with E-state index in [9.17, 15) is 10.1 Å². The number of nitriles is 1. The molecule has 8 nitrogen and oxygen atoms in total. The Kier molecular flexibility index (Phi) is 4.81. The highest BCUT2D eigenvalue weighted by molar-refractivity contribution is 8.01. The van der Waals surface area contributed by atoms with Crippen molar-refractivity contribution in [3.05, 3.63) is 40.6 Å². The van der Waals surface area contributed by atoms with Gasteiger partial charge in [0.2, 0.25) is 10.8 Å². The SMILES string of the molecule is C=CCNc1nnc(Sc2ccc([N+](=O)[O-])c(C#N)n2)s1. The maximum absolute atomic E-state index is 10.7. The first kappa shape index (κ1) is 14.9. The van der Waals surface area contributed by atoms with E-state index in [1.54, 1.807) is 12.1 Å². The lowest BCUT2D eigenvalue weighted by Crippen LogP contribution is -1.96. The number of aromatic nitrogens is 3. The zero-order valence-electron chi connectivity index (χ0n) is 10.5. The van der Waals surface area contributed by atoms with Crippen LogP contribution in [0.1, 0.15) is 5.69 Å². The number of hydrogen-bond acceptors (Lipinski definition) is 9. The molecule has 0 spiro atoms. The van der Waals surface area contributed by atoms with E-state index in [2.05, 4.69) is 27.1 Å². The van der Waals surface area contributed by atoms with Gasteiger partial charge in [0.05, 0.1) is 4.92 Å². The molecule has 2 rings (SSSR count). The Morgan fingerprint density at radius 2 is 2.38 bits per heavy atom. The van der Waals surface area contributed by atoms with E-state index in [0.717, 1.165) is 0 Å². The molecular weight excluding hydrogens is 312 g/mol. The number of nitrogens with zero attached hydrogens (tertiary/aromatic N) is 5. The summed E-state index contributed by atoms with van der Waals surface area (Å²) in [6.07, 6.45) is 1.70.